The maximum Gasteiger partial charge on any atom is 0.290 e. The van der Waals surface area contributed by atoms with Crippen LogP contribution in [0.4, 0.5) is 0 Å². The second-order valence-corrected chi connectivity index (χ2v) is 0.316. The molecule has 0 heterocycles. The zero-order valence-electron chi connectivity index (χ0n) is 4.75. The van der Waals surface area contributed by atoms with E-state index in [1.807, 2.05) is 0 Å². The molecule has 10 heavy (non-hydrogen) atoms. The van der Waals surface area contributed by atoms with E-state index in [9.17, 15) is 0 Å². The van der Waals surface area contributed by atoms with Crippen LogP contribution in [0.3, 0.4) is 0 Å². The van der Waals surface area contributed by atoms with Gasteiger partial charge in [-0.15, -0.1) is 0 Å². The molecule has 0 amide bonds. The van der Waals surface area contributed by atoms with E-state index in [2.05, 4.69) is 0 Å². The van der Waals surface area contributed by atoms with Gasteiger partial charge in [-0.1, -0.05) is 0 Å². The average Bonchev–Trinajstić information content (AvgIpc) is 1.70. The minimum atomic E-state index is -0.250. The molecule has 0 aliphatic heterocycles. The smallest absolute Gasteiger partial charge is 0.290 e. The van der Waals surface area contributed by atoms with Crippen LogP contribution in [-0.4, -0.2) is 34.7 Å². The molecule has 0 atom stereocenters. The molecule has 7 heteroatoms. The predicted octanol–water partition coefficient (Wildman–Crippen LogP) is -0.898. The number of carbonyl (C=O) groups is 3. The monoisotopic (exact) mass is 374 g/mol. The predicted molar refractivity (Wildman–Crippen MR) is 26.1 cm³/mol. The SMILES string of the molecule is O=CO.O=CO.O=CO.[Np]. The normalized spacial score (nSPS) is 3.60. The third-order valence-electron chi connectivity index (χ3n) is 0. The summed E-state index contributed by atoms with van der Waals surface area (Å²) in [6.07, 6.45) is 0. The van der Waals surface area contributed by atoms with Crippen molar-refractivity contribution in [2.45, 2.75) is 0 Å². The molecule has 0 aromatic heterocycles. The van der Waals surface area contributed by atoms with Crippen LogP contribution < -0.4 is 0 Å². The minimum Gasteiger partial charge on any atom is -0.483 e. The molecule has 0 aromatic carbocycles. The topological polar surface area (TPSA) is 112 Å². The minimum absolute atomic E-state index is 0. The van der Waals surface area contributed by atoms with Crippen molar-refractivity contribution in [3.63, 3.8) is 0 Å². The largest absolute Gasteiger partial charge is 0.483 e. The molecule has 0 fully saturated rings. The molecule has 0 saturated heterocycles. The Hall–Kier alpha value is -0.577. The van der Waals surface area contributed by atoms with Crippen LogP contribution in [0.2, 0.25) is 0 Å². The van der Waals surface area contributed by atoms with E-state index in [-0.39, 0.29) is 49.4 Å². The maximum atomic E-state index is 8.36. The number of rotatable bonds is 0. The van der Waals surface area contributed by atoms with Crippen LogP contribution in [0.15, 0.2) is 0 Å². The number of hydrogen-bond acceptors (Lipinski definition) is 3. The molecule has 0 unspecified atom stereocenters. The summed E-state index contributed by atoms with van der Waals surface area (Å²) in [4.78, 5) is 25.1. The summed E-state index contributed by atoms with van der Waals surface area (Å²) in [6.45, 7) is -0.750. The van der Waals surface area contributed by atoms with Gasteiger partial charge in [0.15, 0.2) is 0 Å². The Morgan fingerprint density at radius 2 is 0.700 bits per heavy atom. The van der Waals surface area contributed by atoms with Crippen LogP contribution in [0.5, 0.6) is 0 Å². The third kappa shape index (κ3) is 920. The summed E-state index contributed by atoms with van der Waals surface area (Å²) in [5, 5.41) is 20.7. The molecule has 0 saturated carbocycles. The van der Waals surface area contributed by atoms with Crippen molar-refractivity contribution in [1.29, 1.82) is 0 Å². The first-order valence-corrected chi connectivity index (χ1v) is 1.48. The molecule has 1 radical (unpaired) electrons. The van der Waals surface area contributed by atoms with Gasteiger partial charge in [0.1, 0.15) is 0 Å². The van der Waals surface area contributed by atoms with Crippen LogP contribution in [-0.2, 0) is 14.4 Å². The Balaban J connectivity index is -0.0000000257. The Morgan fingerprint density at radius 1 is 0.700 bits per heavy atom. The van der Waals surface area contributed by atoms with Gasteiger partial charge in [-0.2, -0.15) is 0 Å². The summed E-state index contributed by atoms with van der Waals surface area (Å²) >= 11 is 0. The van der Waals surface area contributed by atoms with Gasteiger partial charge < -0.3 is 15.3 Å². The van der Waals surface area contributed by atoms with Crippen LogP contribution in [0.1, 0.15) is 0 Å². The van der Waals surface area contributed by atoms with Crippen molar-refractivity contribution in [2.24, 2.45) is 0 Å². The molecular weight excluding hydrogens is 369 g/mol. The van der Waals surface area contributed by atoms with E-state index in [0.717, 1.165) is 0 Å². The first kappa shape index (κ1) is 22.7. The van der Waals surface area contributed by atoms with Crippen molar-refractivity contribution >= 4 is 19.4 Å². The summed E-state index contributed by atoms with van der Waals surface area (Å²) < 4.78 is 0. The van der Waals surface area contributed by atoms with Gasteiger partial charge in [-0.25, -0.2) is 0 Å². The van der Waals surface area contributed by atoms with Gasteiger partial charge in [-0.05, 0) is 0 Å². The molecule has 0 aliphatic rings. The summed E-state index contributed by atoms with van der Waals surface area (Å²) in [7, 11) is 0. The molecule has 0 rings (SSSR count). The Bertz CT molecular complexity index is 49.7. The third-order valence-corrected chi connectivity index (χ3v) is 0. The van der Waals surface area contributed by atoms with Gasteiger partial charge >= 0.3 is 0 Å². The fraction of sp³-hybridized carbons (Fsp3) is 0. The molecule has 0 bridgehead atoms. The van der Waals surface area contributed by atoms with Gasteiger partial charge in [0.2, 0.25) is 0 Å². The standard InChI is InChI=1S/3CH2O2.Np/c3*2-1-3;/h3*1H,(H,2,3);. The van der Waals surface area contributed by atoms with E-state index in [1.54, 1.807) is 0 Å². The van der Waals surface area contributed by atoms with Gasteiger partial charge in [-0.3, -0.25) is 14.4 Å². The first-order valence-electron chi connectivity index (χ1n) is 1.48. The van der Waals surface area contributed by atoms with Crippen molar-refractivity contribution in [2.75, 3.05) is 0 Å². The molecule has 0 spiro atoms. The van der Waals surface area contributed by atoms with E-state index in [4.69, 9.17) is 29.7 Å². The fourth-order valence-electron chi connectivity index (χ4n) is 0. The first-order chi connectivity index (χ1) is 4.24. The second kappa shape index (κ2) is 79.1. The Labute approximate surface area is 79.1 Å². The van der Waals surface area contributed by atoms with Gasteiger partial charge in [0.25, 0.3) is 19.4 Å². The molecule has 0 aliphatic carbocycles. The van der Waals surface area contributed by atoms with E-state index >= 15 is 0 Å². The fourth-order valence-corrected chi connectivity index (χ4v) is 0. The van der Waals surface area contributed by atoms with Crippen LogP contribution in [0, 0.1) is 29.9 Å². The Morgan fingerprint density at radius 3 is 0.700 bits per heavy atom. The average molecular weight is 375 g/mol. The molecule has 6 nitrogen and oxygen atoms in total. The van der Waals surface area contributed by atoms with Crippen molar-refractivity contribution in [1.82, 2.24) is 0 Å². The van der Waals surface area contributed by atoms with Crippen LogP contribution in [0.25, 0.3) is 0 Å². The number of carboxylic acid groups (broad SMARTS) is 3. The van der Waals surface area contributed by atoms with E-state index in [1.165, 1.54) is 0 Å². The van der Waals surface area contributed by atoms with Gasteiger partial charge in [0.05, 0.1) is 0 Å². The van der Waals surface area contributed by atoms with E-state index < -0.39 is 0 Å². The van der Waals surface area contributed by atoms with Crippen molar-refractivity contribution < 1.29 is 59.6 Å². The van der Waals surface area contributed by atoms with Crippen LogP contribution >= 0.6 is 0 Å². The summed E-state index contributed by atoms with van der Waals surface area (Å²) in [5.41, 5.74) is 0. The van der Waals surface area contributed by atoms with Crippen molar-refractivity contribution in [3.8, 4) is 0 Å². The zero-order valence-corrected chi connectivity index (χ0v) is 8.47. The van der Waals surface area contributed by atoms with Gasteiger partial charge in [0, 0.05) is 29.9 Å². The summed E-state index contributed by atoms with van der Waals surface area (Å²) in [6, 6.07) is 0. The van der Waals surface area contributed by atoms with Crippen molar-refractivity contribution in [3.05, 3.63) is 0 Å². The second-order valence-electron chi connectivity index (χ2n) is 0.316. The molecular formula is C3H6NpO6. The molecule has 59 valence electrons. The quantitative estimate of drug-likeness (QED) is 0.474. The zero-order chi connectivity index (χ0) is 8.12. The summed E-state index contributed by atoms with van der Waals surface area (Å²) in [5.74, 6) is 0. The molecule has 0 aromatic rings. The number of hydrogen-bond donors (Lipinski definition) is 3. The molecule has 3 N–H and O–H groups in total. The van der Waals surface area contributed by atoms with E-state index in [0.29, 0.717) is 0 Å². The Kier molecular flexibility index (Phi) is 180. The maximum absolute atomic E-state index is 8.36.